The topological polar surface area (TPSA) is 41.3 Å². The van der Waals surface area contributed by atoms with Crippen molar-refractivity contribution in [2.24, 2.45) is 11.8 Å². The van der Waals surface area contributed by atoms with E-state index in [0.29, 0.717) is 0 Å². The molecule has 0 radical (unpaired) electrons. The monoisotopic (exact) mass is 249 g/mol. The molecule has 0 saturated carbocycles. The van der Waals surface area contributed by atoms with Gasteiger partial charge in [-0.15, -0.1) is 0 Å². The highest BCUT2D eigenvalue weighted by molar-refractivity contribution is 5.21. The number of hydrogen-bond acceptors (Lipinski definition) is 4. The summed E-state index contributed by atoms with van der Waals surface area (Å²) in [6.07, 6.45) is 1.24. The molecule has 1 aromatic heterocycles. The van der Waals surface area contributed by atoms with Gasteiger partial charge in [0.05, 0.1) is 5.69 Å². The fourth-order valence-corrected chi connectivity index (χ4v) is 3.78. The minimum absolute atomic E-state index is 0.721. The highest BCUT2D eigenvalue weighted by Gasteiger charge is 2.43. The first-order chi connectivity index (χ1) is 8.70. The van der Waals surface area contributed by atoms with Crippen LogP contribution in [-0.2, 0) is 6.54 Å². The molecule has 0 spiro atoms. The van der Waals surface area contributed by atoms with Gasteiger partial charge in [0.1, 0.15) is 5.76 Å². The Morgan fingerprint density at radius 3 is 2.89 bits per heavy atom. The number of aromatic nitrogens is 1. The maximum Gasteiger partial charge on any atom is 0.138 e. The highest BCUT2D eigenvalue weighted by Crippen LogP contribution is 2.35. The summed E-state index contributed by atoms with van der Waals surface area (Å²) < 4.78 is 5.28. The largest absolute Gasteiger partial charge is 0.361 e. The third kappa shape index (κ3) is 1.88. The Hall–Kier alpha value is -0.870. The van der Waals surface area contributed by atoms with E-state index in [2.05, 4.69) is 22.3 Å². The van der Waals surface area contributed by atoms with Crippen molar-refractivity contribution in [1.82, 2.24) is 15.4 Å². The second kappa shape index (κ2) is 4.67. The lowest BCUT2D eigenvalue weighted by Crippen LogP contribution is -2.34. The number of aryl methyl sites for hydroxylation is 2. The molecule has 3 rings (SSSR count). The van der Waals surface area contributed by atoms with E-state index in [1.165, 1.54) is 31.6 Å². The van der Waals surface area contributed by atoms with Gasteiger partial charge in [-0.25, -0.2) is 0 Å². The lowest BCUT2D eigenvalue weighted by molar-refractivity contribution is 0.209. The summed E-state index contributed by atoms with van der Waals surface area (Å²) in [4.78, 5) is 2.64. The molecule has 2 saturated heterocycles. The minimum atomic E-state index is 0.721. The van der Waals surface area contributed by atoms with Crippen LogP contribution in [0.5, 0.6) is 0 Å². The fraction of sp³-hybridized carbons (Fsp3) is 0.786. The summed E-state index contributed by atoms with van der Waals surface area (Å²) in [5.41, 5.74) is 2.35. The van der Waals surface area contributed by atoms with Gasteiger partial charge in [-0.05, 0) is 45.2 Å². The highest BCUT2D eigenvalue weighted by atomic mass is 16.5. The zero-order valence-electron chi connectivity index (χ0n) is 11.6. The van der Waals surface area contributed by atoms with E-state index in [1.807, 2.05) is 13.8 Å². The van der Waals surface area contributed by atoms with Crippen LogP contribution >= 0.6 is 0 Å². The number of rotatable bonds is 3. The molecule has 2 aliphatic heterocycles. The van der Waals surface area contributed by atoms with E-state index in [-0.39, 0.29) is 0 Å². The van der Waals surface area contributed by atoms with Gasteiger partial charge >= 0.3 is 0 Å². The Morgan fingerprint density at radius 1 is 1.39 bits per heavy atom. The molecule has 2 aliphatic rings. The smallest absolute Gasteiger partial charge is 0.138 e. The first-order valence-corrected chi connectivity index (χ1v) is 7.07. The Kier molecular flexibility index (Phi) is 3.16. The molecule has 100 valence electrons. The molecule has 1 aromatic rings. The van der Waals surface area contributed by atoms with Crippen LogP contribution in [0.2, 0.25) is 0 Å². The lowest BCUT2D eigenvalue weighted by atomic mass is 9.93. The maximum absolute atomic E-state index is 5.28. The standard InChI is InChI=1S/C14H23N3O/c1-4-14-12-6-15-5-11(12)7-17(14)8-13-9(2)16-18-10(13)3/h11-12,14-15H,4-8H2,1-3H3. The minimum Gasteiger partial charge on any atom is -0.361 e. The van der Waals surface area contributed by atoms with E-state index >= 15 is 0 Å². The quantitative estimate of drug-likeness (QED) is 0.885. The molecule has 3 unspecified atom stereocenters. The fourth-order valence-electron chi connectivity index (χ4n) is 3.78. The van der Waals surface area contributed by atoms with Crippen molar-refractivity contribution in [2.75, 3.05) is 19.6 Å². The van der Waals surface area contributed by atoms with Gasteiger partial charge in [-0.1, -0.05) is 12.1 Å². The maximum atomic E-state index is 5.28. The summed E-state index contributed by atoms with van der Waals surface area (Å²) in [7, 11) is 0. The zero-order valence-corrected chi connectivity index (χ0v) is 11.6. The molecule has 3 atom stereocenters. The van der Waals surface area contributed by atoms with E-state index < -0.39 is 0 Å². The van der Waals surface area contributed by atoms with Crippen LogP contribution in [0.25, 0.3) is 0 Å². The van der Waals surface area contributed by atoms with E-state index in [0.717, 1.165) is 35.9 Å². The van der Waals surface area contributed by atoms with Crippen molar-refractivity contribution in [3.8, 4) is 0 Å². The SMILES string of the molecule is CCC1C2CNCC2CN1Cc1c(C)noc1C. The molecule has 1 N–H and O–H groups in total. The van der Waals surface area contributed by atoms with Crippen molar-refractivity contribution in [3.63, 3.8) is 0 Å². The first-order valence-electron chi connectivity index (χ1n) is 7.07. The Balaban J connectivity index is 1.77. The zero-order chi connectivity index (χ0) is 12.7. The van der Waals surface area contributed by atoms with Crippen LogP contribution in [0.1, 0.15) is 30.4 Å². The Bertz CT molecular complexity index is 409. The molecule has 0 aliphatic carbocycles. The molecule has 0 bridgehead atoms. The lowest BCUT2D eigenvalue weighted by Gasteiger charge is -2.26. The summed E-state index contributed by atoms with van der Waals surface area (Å²) in [6.45, 7) is 11.0. The van der Waals surface area contributed by atoms with Crippen molar-refractivity contribution in [2.45, 2.75) is 39.8 Å². The van der Waals surface area contributed by atoms with Crippen LogP contribution in [0, 0.1) is 25.7 Å². The van der Waals surface area contributed by atoms with Gasteiger partial charge in [0.15, 0.2) is 0 Å². The normalized spacial score (nSPS) is 32.1. The van der Waals surface area contributed by atoms with E-state index in [9.17, 15) is 0 Å². The van der Waals surface area contributed by atoms with Gasteiger partial charge in [0.25, 0.3) is 0 Å². The predicted octanol–water partition coefficient (Wildman–Crippen LogP) is 1.72. The molecule has 0 amide bonds. The van der Waals surface area contributed by atoms with Crippen LogP contribution in [0.3, 0.4) is 0 Å². The molecule has 18 heavy (non-hydrogen) atoms. The second-order valence-electron chi connectivity index (χ2n) is 5.79. The summed E-state index contributed by atoms with van der Waals surface area (Å²) in [6, 6.07) is 0.721. The van der Waals surface area contributed by atoms with E-state index in [4.69, 9.17) is 4.52 Å². The number of nitrogens with zero attached hydrogens (tertiary/aromatic N) is 2. The van der Waals surface area contributed by atoms with Gasteiger partial charge in [0, 0.05) is 24.7 Å². The molecule has 4 heteroatoms. The number of nitrogens with one attached hydrogen (secondary N) is 1. The summed E-state index contributed by atoms with van der Waals surface area (Å²) in [5.74, 6) is 2.67. The number of hydrogen-bond donors (Lipinski definition) is 1. The Morgan fingerprint density at radius 2 is 2.22 bits per heavy atom. The van der Waals surface area contributed by atoms with Crippen LogP contribution < -0.4 is 5.32 Å². The third-order valence-corrected chi connectivity index (χ3v) is 4.79. The molecule has 4 nitrogen and oxygen atoms in total. The number of fused-ring (bicyclic) bond motifs is 1. The summed E-state index contributed by atoms with van der Waals surface area (Å²) >= 11 is 0. The second-order valence-corrected chi connectivity index (χ2v) is 5.79. The third-order valence-electron chi connectivity index (χ3n) is 4.79. The molecule has 2 fully saturated rings. The van der Waals surface area contributed by atoms with Gasteiger partial charge in [0.2, 0.25) is 0 Å². The van der Waals surface area contributed by atoms with Gasteiger partial charge in [-0.3, -0.25) is 4.90 Å². The van der Waals surface area contributed by atoms with E-state index in [1.54, 1.807) is 0 Å². The average Bonchev–Trinajstić information content (AvgIpc) is 2.99. The van der Waals surface area contributed by atoms with Gasteiger partial charge in [-0.2, -0.15) is 0 Å². The summed E-state index contributed by atoms with van der Waals surface area (Å²) in [5, 5.41) is 7.60. The van der Waals surface area contributed by atoms with Crippen LogP contribution in [-0.4, -0.2) is 35.7 Å². The van der Waals surface area contributed by atoms with Crippen molar-refractivity contribution < 1.29 is 4.52 Å². The molecular formula is C14H23N3O. The van der Waals surface area contributed by atoms with Crippen molar-refractivity contribution in [1.29, 1.82) is 0 Å². The average molecular weight is 249 g/mol. The molecular weight excluding hydrogens is 226 g/mol. The predicted molar refractivity (Wildman–Crippen MR) is 70.3 cm³/mol. The van der Waals surface area contributed by atoms with Crippen molar-refractivity contribution in [3.05, 3.63) is 17.0 Å². The number of likely N-dealkylation sites (tertiary alicyclic amines) is 1. The first kappa shape index (κ1) is 12.2. The molecule has 0 aromatic carbocycles. The van der Waals surface area contributed by atoms with Crippen molar-refractivity contribution >= 4 is 0 Å². The van der Waals surface area contributed by atoms with Crippen LogP contribution in [0.15, 0.2) is 4.52 Å². The Labute approximate surface area is 109 Å². The van der Waals surface area contributed by atoms with Crippen LogP contribution in [0.4, 0.5) is 0 Å². The molecule has 3 heterocycles. The van der Waals surface area contributed by atoms with Gasteiger partial charge < -0.3 is 9.84 Å².